The molecule has 0 spiro atoms. The Morgan fingerprint density at radius 1 is 1.25 bits per heavy atom. The van der Waals surface area contributed by atoms with Crippen molar-refractivity contribution in [1.29, 1.82) is 0 Å². The molecule has 2 aliphatic rings. The van der Waals surface area contributed by atoms with E-state index in [1.165, 1.54) is 0 Å². The summed E-state index contributed by atoms with van der Waals surface area (Å²) in [5.41, 5.74) is 1.98. The predicted molar refractivity (Wildman–Crippen MR) is 90.8 cm³/mol. The van der Waals surface area contributed by atoms with Gasteiger partial charge in [0.2, 0.25) is 0 Å². The molecule has 0 unspecified atom stereocenters. The first-order chi connectivity index (χ1) is 11.3. The Morgan fingerprint density at radius 2 is 1.92 bits per heavy atom. The van der Waals surface area contributed by atoms with E-state index in [4.69, 9.17) is 9.47 Å². The van der Waals surface area contributed by atoms with Crippen molar-refractivity contribution in [1.82, 2.24) is 4.90 Å². The molecule has 24 heavy (non-hydrogen) atoms. The van der Waals surface area contributed by atoms with Crippen LogP contribution in [0.2, 0.25) is 0 Å². The van der Waals surface area contributed by atoms with Crippen LogP contribution in [-0.2, 0) is 4.74 Å². The lowest BCUT2D eigenvalue weighted by Crippen LogP contribution is -2.50. The number of hydrogen-bond donors (Lipinski definition) is 0. The molecule has 6 nitrogen and oxygen atoms in total. The lowest BCUT2D eigenvalue weighted by atomic mass is 9.88. The van der Waals surface area contributed by atoms with Crippen LogP contribution < -0.4 is 4.74 Å². The quantitative estimate of drug-likeness (QED) is 0.772. The maximum Gasteiger partial charge on any atom is 0.410 e. The lowest BCUT2D eigenvalue weighted by molar-refractivity contribution is 0.00813. The first-order valence-corrected chi connectivity index (χ1v) is 8.39. The highest BCUT2D eigenvalue weighted by Gasteiger charge is 2.36. The molecule has 3 rings (SSSR count). The SMILES string of the molecule is Cc1cc(N=O)c(OC2CC2)cc1C1CN(C(=O)OC(C)(C)C)C1. The van der Waals surface area contributed by atoms with Crippen LogP contribution in [0.5, 0.6) is 5.75 Å². The van der Waals surface area contributed by atoms with E-state index in [0.717, 1.165) is 24.0 Å². The summed E-state index contributed by atoms with van der Waals surface area (Å²) in [7, 11) is 0. The van der Waals surface area contributed by atoms with Gasteiger partial charge in [0.05, 0.1) is 6.10 Å². The van der Waals surface area contributed by atoms with Crippen molar-refractivity contribution < 1.29 is 14.3 Å². The van der Waals surface area contributed by atoms with Crippen molar-refractivity contribution in [3.8, 4) is 5.75 Å². The number of carbonyl (C=O) groups excluding carboxylic acids is 1. The van der Waals surface area contributed by atoms with Gasteiger partial charge >= 0.3 is 6.09 Å². The van der Waals surface area contributed by atoms with E-state index in [2.05, 4.69) is 5.18 Å². The maximum atomic E-state index is 12.0. The van der Waals surface area contributed by atoms with Gasteiger partial charge in [-0.2, -0.15) is 0 Å². The summed E-state index contributed by atoms with van der Waals surface area (Å²) in [4.78, 5) is 24.8. The van der Waals surface area contributed by atoms with E-state index < -0.39 is 5.60 Å². The number of carbonyl (C=O) groups is 1. The zero-order valence-electron chi connectivity index (χ0n) is 14.7. The Bertz CT molecular complexity index is 656. The molecule has 0 N–H and O–H groups in total. The molecule has 2 fully saturated rings. The van der Waals surface area contributed by atoms with Gasteiger partial charge in [-0.25, -0.2) is 4.79 Å². The third-order valence-electron chi connectivity index (χ3n) is 4.24. The third kappa shape index (κ3) is 3.68. The largest absolute Gasteiger partial charge is 0.488 e. The van der Waals surface area contributed by atoms with Crippen LogP contribution in [0.15, 0.2) is 17.3 Å². The molecule has 1 heterocycles. The molecule has 130 valence electrons. The molecule has 1 aliphatic carbocycles. The summed E-state index contributed by atoms with van der Waals surface area (Å²) >= 11 is 0. The number of amides is 1. The predicted octanol–water partition coefficient (Wildman–Crippen LogP) is 4.27. The second-order valence-corrected chi connectivity index (χ2v) is 7.67. The molecule has 1 aromatic carbocycles. The van der Waals surface area contributed by atoms with Gasteiger partial charge in [-0.1, -0.05) is 0 Å². The number of aryl methyl sites for hydroxylation is 1. The van der Waals surface area contributed by atoms with Crippen molar-refractivity contribution >= 4 is 11.8 Å². The Balaban J connectivity index is 1.69. The molecule has 1 saturated heterocycles. The molecule has 0 aromatic heterocycles. The van der Waals surface area contributed by atoms with Gasteiger partial charge < -0.3 is 14.4 Å². The first-order valence-electron chi connectivity index (χ1n) is 8.39. The Hall–Kier alpha value is -2.11. The normalized spacial score (nSPS) is 18.1. The minimum absolute atomic E-state index is 0.209. The Kier molecular flexibility index (Phi) is 4.24. The topological polar surface area (TPSA) is 68.2 Å². The van der Waals surface area contributed by atoms with Gasteiger partial charge in [0.25, 0.3) is 0 Å². The standard InChI is InChI=1S/C18H24N2O4/c1-11-7-15(19-22)16(23-13-5-6-13)8-14(11)12-9-20(10-12)17(21)24-18(2,3)4/h7-8,12-13H,5-6,9-10H2,1-4H3. The molecule has 0 atom stereocenters. The fourth-order valence-electron chi connectivity index (χ4n) is 2.81. The first kappa shape index (κ1) is 16.7. The summed E-state index contributed by atoms with van der Waals surface area (Å²) in [6, 6.07) is 3.69. The number of nitroso groups, excluding NO2 is 1. The molecule has 1 aliphatic heterocycles. The van der Waals surface area contributed by atoms with Crippen LogP contribution in [0.3, 0.4) is 0 Å². The lowest BCUT2D eigenvalue weighted by Gasteiger charge is -2.40. The molecular formula is C18H24N2O4. The molecule has 1 aromatic rings. The van der Waals surface area contributed by atoms with E-state index in [-0.39, 0.29) is 18.1 Å². The molecule has 1 saturated carbocycles. The van der Waals surface area contributed by atoms with Crippen LogP contribution in [0.4, 0.5) is 10.5 Å². The minimum atomic E-state index is -0.485. The molecule has 0 radical (unpaired) electrons. The van der Waals surface area contributed by atoms with E-state index in [1.807, 2.05) is 33.8 Å². The van der Waals surface area contributed by atoms with Crippen molar-refractivity contribution in [3.05, 3.63) is 28.2 Å². The molecule has 6 heteroatoms. The summed E-state index contributed by atoms with van der Waals surface area (Å²) < 4.78 is 11.2. The third-order valence-corrected chi connectivity index (χ3v) is 4.24. The molecular weight excluding hydrogens is 308 g/mol. The van der Waals surface area contributed by atoms with Gasteiger partial charge in [-0.3, -0.25) is 0 Å². The van der Waals surface area contributed by atoms with Crippen LogP contribution in [-0.4, -0.2) is 35.8 Å². The summed E-state index contributed by atoms with van der Waals surface area (Å²) in [6.45, 7) is 8.77. The number of likely N-dealkylation sites (tertiary alicyclic amines) is 1. The van der Waals surface area contributed by atoms with Gasteiger partial charge in [0.15, 0.2) is 0 Å². The van der Waals surface area contributed by atoms with Crippen LogP contribution >= 0.6 is 0 Å². The van der Waals surface area contributed by atoms with Crippen LogP contribution in [0, 0.1) is 11.8 Å². The summed E-state index contributed by atoms with van der Waals surface area (Å²) in [5.74, 6) is 0.795. The smallest absolute Gasteiger partial charge is 0.410 e. The van der Waals surface area contributed by atoms with Crippen molar-refractivity contribution in [3.63, 3.8) is 0 Å². The monoisotopic (exact) mass is 332 g/mol. The average molecular weight is 332 g/mol. The van der Waals surface area contributed by atoms with E-state index in [0.29, 0.717) is 24.5 Å². The van der Waals surface area contributed by atoms with Gasteiger partial charge in [-0.05, 0) is 69.0 Å². The fourth-order valence-corrected chi connectivity index (χ4v) is 2.81. The van der Waals surface area contributed by atoms with Crippen LogP contribution in [0.25, 0.3) is 0 Å². The zero-order valence-corrected chi connectivity index (χ0v) is 14.7. The minimum Gasteiger partial charge on any atom is -0.488 e. The number of benzene rings is 1. The fraction of sp³-hybridized carbons (Fsp3) is 0.611. The number of ether oxygens (including phenoxy) is 2. The molecule has 1 amide bonds. The maximum absolute atomic E-state index is 12.0. The number of hydrogen-bond acceptors (Lipinski definition) is 5. The second-order valence-electron chi connectivity index (χ2n) is 7.67. The van der Waals surface area contributed by atoms with Gasteiger partial charge in [0.1, 0.15) is 17.0 Å². The van der Waals surface area contributed by atoms with Crippen molar-refractivity contribution in [2.75, 3.05) is 13.1 Å². The Labute approximate surface area is 142 Å². The van der Waals surface area contributed by atoms with Crippen LogP contribution in [0.1, 0.15) is 50.7 Å². The highest BCUT2D eigenvalue weighted by atomic mass is 16.6. The highest BCUT2D eigenvalue weighted by molar-refractivity contribution is 5.70. The summed E-state index contributed by atoms with van der Waals surface area (Å²) in [5, 5.41) is 3.08. The van der Waals surface area contributed by atoms with E-state index >= 15 is 0 Å². The van der Waals surface area contributed by atoms with Crippen molar-refractivity contribution in [2.24, 2.45) is 5.18 Å². The Morgan fingerprint density at radius 3 is 2.46 bits per heavy atom. The van der Waals surface area contributed by atoms with Crippen molar-refractivity contribution in [2.45, 2.75) is 58.2 Å². The molecule has 0 bridgehead atoms. The van der Waals surface area contributed by atoms with Gasteiger partial charge in [0, 0.05) is 19.0 Å². The summed E-state index contributed by atoms with van der Waals surface area (Å²) in [6.07, 6.45) is 1.98. The zero-order chi connectivity index (χ0) is 17.5. The van der Waals surface area contributed by atoms with Gasteiger partial charge in [-0.15, -0.1) is 4.91 Å². The average Bonchev–Trinajstić information content (AvgIpc) is 3.22. The van der Waals surface area contributed by atoms with E-state index in [1.54, 1.807) is 11.0 Å². The number of nitrogens with zero attached hydrogens (tertiary/aromatic N) is 2. The highest BCUT2D eigenvalue weighted by Crippen LogP contribution is 2.40. The number of rotatable bonds is 4. The van der Waals surface area contributed by atoms with E-state index in [9.17, 15) is 9.70 Å². The second kappa shape index (κ2) is 6.07.